The first-order valence-corrected chi connectivity index (χ1v) is 9.26. The van der Waals surface area contributed by atoms with Gasteiger partial charge in [-0.15, -0.1) is 0 Å². The zero-order chi connectivity index (χ0) is 20.6. The van der Waals surface area contributed by atoms with Gasteiger partial charge in [0.1, 0.15) is 0 Å². The predicted octanol–water partition coefficient (Wildman–Crippen LogP) is 3.16. The molecule has 1 saturated heterocycles. The molecule has 0 spiro atoms. The van der Waals surface area contributed by atoms with Crippen molar-refractivity contribution in [2.24, 2.45) is 0 Å². The Bertz CT molecular complexity index is 935. The number of para-hydroxylation sites is 2. The molecule has 2 N–H and O–H groups in total. The van der Waals surface area contributed by atoms with Crippen molar-refractivity contribution in [3.63, 3.8) is 0 Å². The predicted molar refractivity (Wildman–Crippen MR) is 109 cm³/mol. The molecule has 1 atom stereocenters. The van der Waals surface area contributed by atoms with Gasteiger partial charge in [-0.3, -0.25) is 19.7 Å². The number of ether oxygens (including phenoxy) is 1. The lowest BCUT2D eigenvalue weighted by atomic mass is 10.1. The van der Waals surface area contributed by atoms with Crippen LogP contribution in [-0.2, 0) is 9.53 Å². The molecule has 0 aromatic heterocycles. The summed E-state index contributed by atoms with van der Waals surface area (Å²) in [7, 11) is 0. The Morgan fingerprint density at radius 1 is 1.17 bits per heavy atom. The highest BCUT2D eigenvalue weighted by Crippen LogP contribution is 2.20. The summed E-state index contributed by atoms with van der Waals surface area (Å²) in [5.74, 6) is -0.804. The fraction of sp³-hybridized carbons (Fsp3) is 0.238. The van der Waals surface area contributed by atoms with E-state index in [1.165, 1.54) is 18.2 Å². The molecule has 2 aromatic rings. The van der Waals surface area contributed by atoms with Gasteiger partial charge >= 0.3 is 0 Å². The van der Waals surface area contributed by atoms with Gasteiger partial charge in [0.05, 0.1) is 27.8 Å². The molecule has 3 rings (SSSR count). The molecule has 1 heterocycles. The van der Waals surface area contributed by atoms with E-state index in [2.05, 4.69) is 10.6 Å². The van der Waals surface area contributed by atoms with Crippen molar-refractivity contribution in [3.8, 4) is 0 Å². The van der Waals surface area contributed by atoms with Gasteiger partial charge in [-0.2, -0.15) is 0 Å². The second-order valence-corrected chi connectivity index (χ2v) is 6.53. The zero-order valence-corrected chi connectivity index (χ0v) is 15.7. The lowest BCUT2D eigenvalue weighted by Crippen LogP contribution is -2.32. The van der Waals surface area contributed by atoms with Gasteiger partial charge in [0.15, 0.2) is 0 Å². The number of hydrogen-bond donors (Lipinski definition) is 2. The molecule has 1 fully saturated rings. The number of nitrogens with one attached hydrogen (secondary N) is 2. The Hall–Kier alpha value is -3.52. The number of carbonyl (C=O) groups is 2. The van der Waals surface area contributed by atoms with Crippen LogP contribution in [0.4, 0.5) is 11.4 Å². The molecule has 8 nitrogen and oxygen atoms in total. The Morgan fingerprint density at radius 2 is 1.93 bits per heavy atom. The van der Waals surface area contributed by atoms with Gasteiger partial charge < -0.3 is 15.4 Å². The van der Waals surface area contributed by atoms with Crippen LogP contribution < -0.4 is 10.6 Å². The molecule has 150 valence electrons. The van der Waals surface area contributed by atoms with Crippen LogP contribution in [0.5, 0.6) is 0 Å². The Kier molecular flexibility index (Phi) is 6.70. The van der Waals surface area contributed by atoms with E-state index in [1.807, 2.05) is 0 Å². The van der Waals surface area contributed by atoms with Crippen molar-refractivity contribution in [2.75, 3.05) is 18.5 Å². The number of nitro groups is 1. The zero-order valence-electron chi connectivity index (χ0n) is 15.7. The molecule has 0 saturated carbocycles. The summed E-state index contributed by atoms with van der Waals surface area (Å²) >= 11 is 0. The maximum absolute atomic E-state index is 12.5. The normalized spacial score (nSPS) is 15.9. The molecule has 1 unspecified atom stereocenters. The molecule has 29 heavy (non-hydrogen) atoms. The highest BCUT2D eigenvalue weighted by molar-refractivity contribution is 6.07. The van der Waals surface area contributed by atoms with E-state index in [-0.39, 0.29) is 17.7 Å². The fourth-order valence-corrected chi connectivity index (χ4v) is 3.03. The SMILES string of the molecule is O=C(/C=C/c1ccccc1[N+](=O)[O-])Nc1ccccc1C(=O)NCC1CCCO1. The monoisotopic (exact) mass is 395 g/mol. The minimum atomic E-state index is -0.509. The van der Waals surface area contributed by atoms with Crippen LogP contribution in [0.2, 0.25) is 0 Å². The molecule has 0 radical (unpaired) electrons. The van der Waals surface area contributed by atoms with Gasteiger partial charge in [-0.1, -0.05) is 24.3 Å². The Labute approximate surface area is 167 Å². The summed E-state index contributed by atoms with van der Waals surface area (Å²) < 4.78 is 5.49. The summed E-state index contributed by atoms with van der Waals surface area (Å²) in [5.41, 5.74) is 0.910. The third-order valence-corrected chi connectivity index (χ3v) is 4.49. The summed E-state index contributed by atoms with van der Waals surface area (Å²) in [6.07, 6.45) is 4.48. The lowest BCUT2D eigenvalue weighted by molar-refractivity contribution is -0.385. The lowest BCUT2D eigenvalue weighted by Gasteiger charge is -2.13. The van der Waals surface area contributed by atoms with E-state index in [4.69, 9.17) is 4.74 Å². The molecule has 1 aliphatic rings. The second-order valence-electron chi connectivity index (χ2n) is 6.53. The molecule has 0 aliphatic carbocycles. The summed E-state index contributed by atoms with van der Waals surface area (Å²) in [6.45, 7) is 1.12. The third kappa shape index (κ3) is 5.49. The minimum Gasteiger partial charge on any atom is -0.376 e. The molecular formula is C21H21N3O5. The van der Waals surface area contributed by atoms with Crippen LogP contribution >= 0.6 is 0 Å². The van der Waals surface area contributed by atoms with Gasteiger partial charge in [0, 0.05) is 25.3 Å². The van der Waals surface area contributed by atoms with Crippen LogP contribution in [0.15, 0.2) is 54.6 Å². The first kappa shape index (κ1) is 20.2. The molecule has 2 amide bonds. The quantitative estimate of drug-likeness (QED) is 0.425. The number of nitrogens with zero attached hydrogens (tertiary/aromatic N) is 1. The van der Waals surface area contributed by atoms with Crippen LogP contribution in [-0.4, -0.2) is 36.0 Å². The topological polar surface area (TPSA) is 111 Å². The number of anilines is 1. The number of carbonyl (C=O) groups excluding carboxylic acids is 2. The highest BCUT2D eigenvalue weighted by atomic mass is 16.6. The summed E-state index contributed by atoms with van der Waals surface area (Å²) in [5, 5.41) is 16.5. The van der Waals surface area contributed by atoms with Crippen molar-refractivity contribution in [3.05, 3.63) is 75.8 Å². The van der Waals surface area contributed by atoms with Crippen LogP contribution in [0.3, 0.4) is 0 Å². The molecule has 8 heteroatoms. The standard InChI is InChI=1S/C21H21N3O5/c25-20(12-11-15-6-1-4-10-19(15)24(27)28)23-18-9-3-2-8-17(18)21(26)22-14-16-7-5-13-29-16/h1-4,6,8-12,16H,5,7,13-14H2,(H,22,26)(H,23,25)/b12-11+. The van der Waals surface area contributed by atoms with Crippen molar-refractivity contribution < 1.29 is 19.2 Å². The Balaban J connectivity index is 1.66. The largest absolute Gasteiger partial charge is 0.376 e. The first-order chi connectivity index (χ1) is 14.0. The van der Waals surface area contributed by atoms with Crippen LogP contribution in [0.25, 0.3) is 6.08 Å². The van der Waals surface area contributed by atoms with E-state index >= 15 is 0 Å². The van der Waals surface area contributed by atoms with Gasteiger partial charge in [0.25, 0.3) is 11.6 Å². The van der Waals surface area contributed by atoms with Crippen LogP contribution in [0, 0.1) is 10.1 Å². The van der Waals surface area contributed by atoms with Gasteiger partial charge in [0.2, 0.25) is 5.91 Å². The fourth-order valence-electron chi connectivity index (χ4n) is 3.03. The van der Waals surface area contributed by atoms with E-state index in [0.29, 0.717) is 30.0 Å². The number of rotatable bonds is 7. The average molecular weight is 395 g/mol. The molecule has 0 bridgehead atoms. The van der Waals surface area contributed by atoms with E-state index < -0.39 is 10.8 Å². The summed E-state index contributed by atoms with van der Waals surface area (Å²) in [6, 6.07) is 12.8. The highest BCUT2D eigenvalue weighted by Gasteiger charge is 2.18. The first-order valence-electron chi connectivity index (χ1n) is 9.26. The van der Waals surface area contributed by atoms with E-state index in [0.717, 1.165) is 12.8 Å². The van der Waals surface area contributed by atoms with Gasteiger partial charge in [-0.05, 0) is 37.1 Å². The van der Waals surface area contributed by atoms with Crippen molar-refractivity contribution in [1.82, 2.24) is 5.32 Å². The molecular weight excluding hydrogens is 374 g/mol. The number of nitro benzene ring substituents is 1. The van der Waals surface area contributed by atoms with E-state index in [1.54, 1.807) is 42.5 Å². The molecule has 1 aliphatic heterocycles. The number of benzene rings is 2. The van der Waals surface area contributed by atoms with Gasteiger partial charge in [-0.25, -0.2) is 0 Å². The van der Waals surface area contributed by atoms with Crippen molar-refractivity contribution in [2.45, 2.75) is 18.9 Å². The van der Waals surface area contributed by atoms with E-state index in [9.17, 15) is 19.7 Å². The third-order valence-electron chi connectivity index (χ3n) is 4.49. The smallest absolute Gasteiger partial charge is 0.276 e. The van der Waals surface area contributed by atoms with Crippen molar-refractivity contribution in [1.29, 1.82) is 0 Å². The summed E-state index contributed by atoms with van der Waals surface area (Å²) in [4.78, 5) is 35.3. The maximum atomic E-state index is 12.5. The van der Waals surface area contributed by atoms with Crippen molar-refractivity contribution >= 4 is 29.3 Å². The average Bonchev–Trinajstić information content (AvgIpc) is 3.25. The van der Waals surface area contributed by atoms with Crippen LogP contribution in [0.1, 0.15) is 28.8 Å². The Morgan fingerprint density at radius 3 is 2.69 bits per heavy atom. The minimum absolute atomic E-state index is 0.0188. The molecule has 2 aromatic carbocycles. The number of amides is 2. The maximum Gasteiger partial charge on any atom is 0.276 e. The number of hydrogen-bond acceptors (Lipinski definition) is 5. The second kappa shape index (κ2) is 9.61.